The highest BCUT2D eigenvalue weighted by molar-refractivity contribution is 7.98. The number of pyridine rings is 1. The van der Waals surface area contributed by atoms with Crippen LogP contribution in [0.2, 0.25) is 0 Å². The van der Waals surface area contributed by atoms with Crippen molar-refractivity contribution in [1.29, 1.82) is 0 Å². The lowest BCUT2D eigenvalue weighted by atomic mass is 10.0. The van der Waals surface area contributed by atoms with Gasteiger partial charge in [0.25, 0.3) is 0 Å². The van der Waals surface area contributed by atoms with Crippen LogP contribution in [0.4, 0.5) is 0 Å². The van der Waals surface area contributed by atoms with Gasteiger partial charge in [0.15, 0.2) is 5.16 Å². The van der Waals surface area contributed by atoms with Crippen molar-refractivity contribution >= 4 is 28.6 Å². The number of hydrogen-bond acceptors (Lipinski definition) is 6. The molecule has 2 heterocycles. The normalized spacial score (nSPS) is 14.0. The molecule has 1 saturated carbocycles. The maximum absolute atomic E-state index is 12.4. The molecule has 0 atom stereocenters. The minimum atomic E-state index is -0.351. The molecule has 7 heteroatoms. The average molecular weight is 368 g/mol. The average Bonchev–Trinajstić information content (AvgIpc) is 3.42. The Labute approximate surface area is 156 Å². The summed E-state index contributed by atoms with van der Waals surface area (Å²) in [7, 11) is 1.40. The quantitative estimate of drug-likeness (QED) is 0.503. The Hall–Kier alpha value is -2.41. The number of carbonyl (C=O) groups excluding carboxylic acids is 1. The molecule has 0 saturated heterocycles. The Kier molecular flexibility index (Phi) is 4.40. The Bertz CT molecular complexity index is 995. The van der Waals surface area contributed by atoms with Crippen molar-refractivity contribution < 1.29 is 9.53 Å². The van der Waals surface area contributed by atoms with Crippen molar-refractivity contribution in [2.24, 2.45) is 0 Å². The maximum Gasteiger partial charge on any atom is 0.340 e. The van der Waals surface area contributed by atoms with Gasteiger partial charge in [-0.3, -0.25) is 4.98 Å². The Morgan fingerprint density at radius 3 is 2.77 bits per heavy atom. The fourth-order valence-electron chi connectivity index (χ4n) is 3.25. The lowest BCUT2D eigenvalue weighted by molar-refractivity contribution is 0.0598. The number of methoxy groups -OCH3 is 1. The molecule has 0 radical (unpaired) electrons. The van der Waals surface area contributed by atoms with Gasteiger partial charge in [0, 0.05) is 17.2 Å². The summed E-state index contributed by atoms with van der Waals surface area (Å²) in [6, 6.07) is 8.37. The number of hydrogen-bond donors (Lipinski definition) is 0. The van der Waals surface area contributed by atoms with E-state index in [1.807, 2.05) is 38.1 Å². The number of nitrogens with zero attached hydrogens (tertiary/aromatic N) is 4. The molecular formula is C19H20N4O2S. The lowest BCUT2D eigenvalue weighted by Gasteiger charge is -2.13. The van der Waals surface area contributed by atoms with Crippen LogP contribution in [0.15, 0.2) is 29.4 Å². The number of thioether (sulfide) groups is 1. The number of ether oxygens (including phenoxy) is 1. The van der Waals surface area contributed by atoms with Gasteiger partial charge in [0.2, 0.25) is 0 Å². The summed E-state index contributed by atoms with van der Waals surface area (Å²) in [5.41, 5.74) is 3.06. The van der Waals surface area contributed by atoms with Crippen LogP contribution < -0.4 is 0 Å². The van der Waals surface area contributed by atoms with Crippen LogP contribution in [-0.2, 0) is 10.5 Å². The summed E-state index contributed by atoms with van der Waals surface area (Å²) in [4.78, 5) is 17.1. The molecule has 0 unspecified atom stereocenters. The van der Waals surface area contributed by atoms with Gasteiger partial charge in [-0.05, 0) is 38.3 Å². The molecule has 0 amide bonds. The summed E-state index contributed by atoms with van der Waals surface area (Å²) < 4.78 is 7.20. The molecule has 134 valence electrons. The van der Waals surface area contributed by atoms with Crippen molar-refractivity contribution in [1.82, 2.24) is 19.7 Å². The van der Waals surface area contributed by atoms with E-state index in [0.29, 0.717) is 17.4 Å². The van der Waals surface area contributed by atoms with Crippen LogP contribution in [0.25, 0.3) is 10.9 Å². The second-order valence-corrected chi connectivity index (χ2v) is 7.43. The standard InChI is InChI=1S/C19H20N4O2S/c1-11-14-6-4-5-7-15(14)20-16(17(11)18(24)25-3)10-26-19-22-21-12(2)23(19)13-8-9-13/h4-7,13H,8-10H2,1-3H3. The second kappa shape index (κ2) is 6.72. The second-order valence-electron chi connectivity index (χ2n) is 6.49. The third-order valence-corrected chi connectivity index (χ3v) is 5.66. The first-order chi connectivity index (χ1) is 12.6. The number of carbonyl (C=O) groups is 1. The molecule has 0 N–H and O–H groups in total. The third-order valence-electron chi connectivity index (χ3n) is 4.70. The third kappa shape index (κ3) is 2.96. The number of esters is 1. The molecule has 0 spiro atoms. The van der Waals surface area contributed by atoms with E-state index in [-0.39, 0.29) is 5.97 Å². The van der Waals surface area contributed by atoms with Crippen molar-refractivity contribution in [3.05, 3.63) is 46.9 Å². The van der Waals surface area contributed by atoms with Crippen LogP contribution in [0, 0.1) is 13.8 Å². The predicted octanol–water partition coefficient (Wildman–Crippen LogP) is 3.86. The zero-order valence-electron chi connectivity index (χ0n) is 15.0. The van der Waals surface area contributed by atoms with Crippen LogP contribution in [-0.4, -0.2) is 32.8 Å². The zero-order valence-corrected chi connectivity index (χ0v) is 15.8. The SMILES string of the molecule is COC(=O)c1c(CSc2nnc(C)n2C2CC2)nc2ccccc2c1C. The molecule has 1 aliphatic carbocycles. The lowest BCUT2D eigenvalue weighted by Crippen LogP contribution is -2.10. The van der Waals surface area contributed by atoms with E-state index in [2.05, 4.69) is 14.8 Å². The minimum absolute atomic E-state index is 0.351. The highest BCUT2D eigenvalue weighted by Gasteiger charge is 2.29. The van der Waals surface area contributed by atoms with E-state index in [1.54, 1.807) is 11.8 Å². The van der Waals surface area contributed by atoms with Gasteiger partial charge in [0.05, 0.1) is 23.9 Å². The van der Waals surface area contributed by atoms with Gasteiger partial charge in [0.1, 0.15) is 5.82 Å². The van der Waals surface area contributed by atoms with Crippen molar-refractivity contribution in [2.75, 3.05) is 7.11 Å². The van der Waals surface area contributed by atoms with Crippen LogP contribution in [0.1, 0.15) is 46.3 Å². The zero-order chi connectivity index (χ0) is 18.3. The Morgan fingerprint density at radius 1 is 1.27 bits per heavy atom. The Morgan fingerprint density at radius 2 is 2.04 bits per heavy atom. The maximum atomic E-state index is 12.4. The summed E-state index contributed by atoms with van der Waals surface area (Å²) >= 11 is 1.57. The Balaban J connectivity index is 1.72. The number of benzene rings is 1. The summed E-state index contributed by atoms with van der Waals surface area (Å²) in [6.45, 7) is 3.93. The number of aromatic nitrogens is 4. The molecule has 2 aromatic heterocycles. The first-order valence-electron chi connectivity index (χ1n) is 8.61. The van der Waals surface area contributed by atoms with Crippen molar-refractivity contribution in [3.63, 3.8) is 0 Å². The molecule has 1 aliphatic rings. The smallest absolute Gasteiger partial charge is 0.340 e. The molecule has 26 heavy (non-hydrogen) atoms. The molecule has 0 bridgehead atoms. The summed E-state index contributed by atoms with van der Waals surface area (Å²) in [6.07, 6.45) is 2.35. The predicted molar refractivity (Wildman–Crippen MR) is 100 cm³/mol. The van der Waals surface area contributed by atoms with Gasteiger partial charge < -0.3 is 9.30 Å². The topological polar surface area (TPSA) is 69.9 Å². The number of aryl methyl sites for hydroxylation is 2. The fraction of sp³-hybridized carbons (Fsp3) is 0.368. The molecule has 4 rings (SSSR count). The largest absolute Gasteiger partial charge is 0.465 e. The molecule has 0 aliphatic heterocycles. The molecule has 1 aromatic carbocycles. The van der Waals surface area contributed by atoms with Crippen LogP contribution in [0.5, 0.6) is 0 Å². The first kappa shape index (κ1) is 17.0. The summed E-state index contributed by atoms with van der Waals surface area (Å²) in [5, 5.41) is 10.4. The van der Waals surface area contributed by atoms with Crippen LogP contribution in [0.3, 0.4) is 0 Å². The van der Waals surface area contributed by atoms with E-state index in [1.165, 1.54) is 20.0 Å². The van der Waals surface area contributed by atoms with Gasteiger partial charge in [-0.1, -0.05) is 30.0 Å². The number of fused-ring (bicyclic) bond motifs is 1. The minimum Gasteiger partial charge on any atom is -0.465 e. The molecule has 1 fully saturated rings. The summed E-state index contributed by atoms with van der Waals surface area (Å²) in [5.74, 6) is 1.13. The van der Waals surface area contributed by atoms with Gasteiger partial charge >= 0.3 is 5.97 Å². The fourth-order valence-corrected chi connectivity index (χ4v) is 4.25. The highest BCUT2D eigenvalue weighted by Crippen LogP contribution is 2.39. The first-order valence-corrected chi connectivity index (χ1v) is 9.59. The van der Waals surface area contributed by atoms with E-state index >= 15 is 0 Å². The molecule has 6 nitrogen and oxygen atoms in total. The monoisotopic (exact) mass is 368 g/mol. The number of rotatable bonds is 5. The van der Waals surface area contributed by atoms with Gasteiger partial charge in [-0.2, -0.15) is 0 Å². The van der Waals surface area contributed by atoms with Crippen molar-refractivity contribution in [3.8, 4) is 0 Å². The highest BCUT2D eigenvalue weighted by atomic mass is 32.2. The molecular weight excluding hydrogens is 348 g/mol. The molecule has 3 aromatic rings. The van der Waals surface area contributed by atoms with Crippen molar-refractivity contribution in [2.45, 2.75) is 43.6 Å². The van der Waals surface area contributed by atoms with E-state index in [0.717, 1.165) is 33.1 Å². The van der Waals surface area contributed by atoms with Gasteiger partial charge in [-0.25, -0.2) is 4.79 Å². The van der Waals surface area contributed by atoms with Gasteiger partial charge in [-0.15, -0.1) is 10.2 Å². The van der Waals surface area contributed by atoms with E-state index < -0.39 is 0 Å². The van der Waals surface area contributed by atoms with Crippen LogP contribution >= 0.6 is 11.8 Å². The van der Waals surface area contributed by atoms with E-state index in [9.17, 15) is 4.79 Å². The van der Waals surface area contributed by atoms with E-state index in [4.69, 9.17) is 9.72 Å². The number of para-hydroxylation sites is 1.